The molecule has 2 heteroatoms. The maximum absolute atomic E-state index is 6.69. The molecule has 2 aliphatic rings. The Balaban J connectivity index is 1.61. The van der Waals surface area contributed by atoms with Crippen LogP contribution < -0.4 is 0 Å². The molecule has 8 rings (SSSR count). The Bertz CT molecular complexity index is 1850. The average molecular weight is 478 g/mol. The molecule has 1 unspecified atom stereocenters. The van der Waals surface area contributed by atoms with E-state index in [2.05, 4.69) is 103 Å². The second kappa shape index (κ2) is 7.16. The molecule has 5 aromatic carbocycles. The van der Waals surface area contributed by atoms with Crippen LogP contribution in [-0.2, 0) is 5.41 Å². The van der Waals surface area contributed by atoms with Gasteiger partial charge in [0.05, 0.1) is 11.1 Å². The quantitative estimate of drug-likeness (QED) is 0.230. The van der Waals surface area contributed by atoms with Gasteiger partial charge in [-0.25, -0.2) is 0 Å². The molecule has 1 atom stereocenters. The lowest BCUT2D eigenvalue weighted by Crippen LogP contribution is -2.25. The lowest BCUT2D eigenvalue weighted by Gasteiger charge is -2.30. The SMILES string of the molecule is Clc1ccc2c(c1)C1(c3ccccc3-2)c2cc3ccccc3cc2-c2c(-c3ccccn3)cccc21. The van der Waals surface area contributed by atoms with Crippen LogP contribution in [0.2, 0.25) is 5.02 Å². The fraction of sp³-hybridized carbons (Fsp3) is 0.0294. The zero-order chi connectivity index (χ0) is 23.9. The van der Waals surface area contributed by atoms with E-state index in [4.69, 9.17) is 16.6 Å². The Labute approximate surface area is 214 Å². The van der Waals surface area contributed by atoms with Crippen LogP contribution in [0.15, 0.2) is 121 Å². The van der Waals surface area contributed by atoms with Gasteiger partial charge >= 0.3 is 0 Å². The van der Waals surface area contributed by atoms with Crippen LogP contribution >= 0.6 is 11.6 Å². The fourth-order valence-corrected chi connectivity index (χ4v) is 6.80. The van der Waals surface area contributed by atoms with Gasteiger partial charge in [-0.05, 0) is 91.7 Å². The molecule has 0 aliphatic heterocycles. The molecule has 0 saturated heterocycles. The van der Waals surface area contributed by atoms with E-state index in [1.807, 2.05) is 18.3 Å². The largest absolute Gasteiger partial charge is 0.256 e. The van der Waals surface area contributed by atoms with Crippen molar-refractivity contribution < 1.29 is 0 Å². The van der Waals surface area contributed by atoms with Crippen molar-refractivity contribution in [3.05, 3.63) is 149 Å². The van der Waals surface area contributed by atoms with Crippen molar-refractivity contribution >= 4 is 22.4 Å². The van der Waals surface area contributed by atoms with Gasteiger partial charge in [-0.3, -0.25) is 4.98 Å². The Hall–Kier alpha value is -4.20. The first-order valence-corrected chi connectivity index (χ1v) is 12.6. The van der Waals surface area contributed by atoms with Gasteiger partial charge in [-0.1, -0.05) is 90.5 Å². The van der Waals surface area contributed by atoms with Crippen LogP contribution in [-0.4, -0.2) is 4.98 Å². The summed E-state index contributed by atoms with van der Waals surface area (Å²) >= 11 is 6.69. The van der Waals surface area contributed by atoms with Crippen molar-refractivity contribution in [2.24, 2.45) is 0 Å². The third-order valence-corrected chi connectivity index (χ3v) is 8.21. The Morgan fingerprint density at radius 3 is 2.06 bits per heavy atom. The highest BCUT2D eigenvalue weighted by Crippen LogP contribution is 2.64. The third-order valence-electron chi connectivity index (χ3n) is 7.98. The highest BCUT2D eigenvalue weighted by Gasteiger charge is 2.52. The van der Waals surface area contributed by atoms with Crippen LogP contribution in [0.3, 0.4) is 0 Å². The summed E-state index contributed by atoms with van der Waals surface area (Å²) in [5, 5.41) is 3.25. The van der Waals surface area contributed by atoms with Crippen LogP contribution in [0, 0.1) is 0 Å². The number of fused-ring (bicyclic) bond motifs is 11. The maximum atomic E-state index is 6.69. The molecule has 0 N–H and O–H groups in total. The summed E-state index contributed by atoms with van der Waals surface area (Å²) in [5.74, 6) is 0. The molecule has 36 heavy (non-hydrogen) atoms. The minimum atomic E-state index is -0.434. The van der Waals surface area contributed by atoms with E-state index in [1.54, 1.807) is 0 Å². The molecule has 1 aromatic heterocycles. The number of aromatic nitrogens is 1. The van der Waals surface area contributed by atoms with E-state index in [1.165, 1.54) is 55.3 Å². The van der Waals surface area contributed by atoms with Crippen molar-refractivity contribution in [3.8, 4) is 33.5 Å². The molecule has 2 aliphatic carbocycles. The number of nitrogens with zero attached hydrogens (tertiary/aromatic N) is 1. The number of hydrogen-bond acceptors (Lipinski definition) is 1. The molecule has 1 spiro atoms. The molecular formula is C34H20ClN. The minimum absolute atomic E-state index is 0.434. The Morgan fingerprint density at radius 2 is 1.19 bits per heavy atom. The summed E-state index contributed by atoms with van der Waals surface area (Å²) in [7, 11) is 0. The van der Waals surface area contributed by atoms with Crippen molar-refractivity contribution in [2.45, 2.75) is 5.41 Å². The van der Waals surface area contributed by atoms with E-state index < -0.39 is 5.41 Å². The zero-order valence-corrected chi connectivity index (χ0v) is 20.1. The van der Waals surface area contributed by atoms with Gasteiger partial charge in [0.25, 0.3) is 0 Å². The molecular weight excluding hydrogens is 458 g/mol. The van der Waals surface area contributed by atoms with Gasteiger partial charge in [-0.2, -0.15) is 0 Å². The second-order valence-electron chi connectivity index (χ2n) is 9.67. The molecule has 0 fully saturated rings. The van der Waals surface area contributed by atoms with Gasteiger partial charge in [0.1, 0.15) is 0 Å². The normalized spacial score (nSPS) is 16.6. The van der Waals surface area contributed by atoms with Crippen molar-refractivity contribution in [3.63, 3.8) is 0 Å². The monoisotopic (exact) mass is 477 g/mol. The summed E-state index contributed by atoms with van der Waals surface area (Å²) in [5.41, 5.74) is 12.0. The first-order chi connectivity index (χ1) is 17.8. The van der Waals surface area contributed by atoms with Gasteiger partial charge in [-0.15, -0.1) is 0 Å². The van der Waals surface area contributed by atoms with Gasteiger partial charge in [0.15, 0.2) is 0 Å². The second-order valence-corrected chi connectivity index (χ2v) is 10.1. The molecule has 0 radical (unpaired) electrons. The lowest BCUT2D eigenvalue weighted by atomic mass is 9.70. The molecule has 1 nitrogen and oxygen atoms in total. The van der Waals surface area contributed by atoms with E-state index >= 15 is 0 Å². The minimum Gasteiger partial charge on any atom is -0.256 e. The van der Waals surface area contributed by atoms with E-state index in [-0.39, 0.29) is 0 Å². The molecule has 0 saturated carbocycles. The molecule has 0 amide bonds. The van der Waals surface area contributed by atoms with Gasteiger partial charge in [0.2, 0.25) is 0 Å². The number of rotatable bonds is 1. The van der Waals surface area contributed by atoms with Crippen molar-refractivity contribution in [2.75, 3.05) is 0 Å². The third kappa shape index (κ3) is 2.43. The van der Waals surface area contributed by atoms with Crippen LogP contribution in [0.25, 0.3) is 44.3 Å². The number of hydrogen-bond donors (Lipinski definition) is 0. The Kier molecular flexibility index (Phi) is 3.99. The van der Waals surface area contributed by atoms with Crippen molar-refractivity contribution in [1.82, 2.24) is 4.98 Å². The highest BCUT2D eigenvalue weighted by molar-refractivity contribution is 6.30. The summed E-state index contributed by atoms with van der Waals surface area (Å²) in [6, 6.07) is 41.5. The van der Waals surface area contributed by atoms with E-state index in [9.17, 15) is 0 Å². The maximum Gasteiger partial charge on any atom is 0.0726 e. The van der Waals surface area contributed by atoms with Crippen molar-refractivity contribution in [1.29, 1.82) is 0 Å². The number of halogens is 1. The predicted molar refractivity (Wildman–Crippen MR) is 148 cm³/mol. The predicted octanol–water partition coefficient (Wildman–Crippen LogP) is 8.90. The number of pyridine rings is 1. The zero-order valence-electron chi connectivity index (χ0n) is 19.4. The van der Waals surface area contributed by atoms with Gasteiger partial charge < -0.3 is 0 Å². The standard InChI is InChI=1S/C34H20ClN/c35-23-15-16-25-24-10-3-4-12-28(24)34(31(25)20-23)29-13-7-11-26(32-14-5-6-17-36-32)33(29)27-18-21-8-1-2-9-22(21)19-30(27)34/h1-20H. The summed E-state index contributed by atoms with van der Waals surface area (Å²) in [6.07, 6.45) is 1.88. The number of benzene rings is 5. The first kappa shape index (κ1) is 20.0. The van der Waals surface area contributed by atoms with E-state index in [0.29, 0.717) is 0 Å². The topological polar surface area (TPSA) is 12.9 Å². The van der Waals surface area contributed by atoms with Crippen LogP contribution in [0.1, 0.15) is 22.3 Å². The highest BCUT2D eigenvalue weighted by atomic mass is 35.5. The fourth-order valence-electron chi connectivity index (χ4n) is 6.63. The van der Waals surface area contributed by atoms with Crippen LogP contribution in [0.5, 0.6) is 0 Å². The lowest BCUT2D eigenvalue weighted by molar-refractivity contribution is 0.795. The molecule has 168 valence electrons. The Morgan fingerprint density at radius 1 is 0.500 bits per heavy atom. The average Bonchev–Trinajstić information content (AvgIpc) is 3.38. The smallest absolute Gasteiger partial charge is 0.0726 e. The summed E-state index contributed by atoms with van der Waals surface area (Å²) < 4.78 is 0. The first-order valence-electron chi connectivity index (χ1n) is 12.3. The molecule has 0 bridgehead atoms. The van der Waals surface area contributed by atoms with Crippen LogP contribution in [0.4, 0.5) is 0 Å². The van der Waals surface area contributed by atoms with E-state index in [0.717, 1.165) is 16.3 Å². The molecule has 6 aromatic rings. The summed E-state index contributed by atoms with van der Waals surface area (Å²) in [6.45, 7) is 0. The molecule has 1 heterocycles. The van der Waals surface area contributed by atoms with Gasteiger partial charge in [0, 0.05) is 16.8 Å². The summed E-state index contributed by atoms with van der Waals surface area (Å²) in [4.78, 5) is 4.76.